The van der Waals surface area contributed by atoms with Crippen LogP contribution in [0.25, 0.3) is 10.2 Å². The van der Waals surface area contributed by atoms with Gasteiger partial charge in [-0.05, 0) is 19.1 Å². The lowest BCUT2D eigenvalue weighted by Gasteiger charge is -2.15. The zero-order valence-corrected chi connectivity index (χ0v) is 16.0. The maximum atomic E-state index is 13.0. The number of aromatic nitrogens is 2. The van der Waals surface area contributed by atoms with E-state index in [0.29, 0.717) is 16.3 Å². The van der Waals surface area contributed by atoms with Gasteiger partial charge in [0.1, 0.15) is 17.2 Å². The Balaban J connectivity index is 2.02. The fraction of sp³-hybridized carbons (Fsp3) is 0.263. The van der Waals surface area contributed by atoms with Crippen molar-refractivity contribution in [3.05, 3.63) is 57.0 Å². The minimum absolute atomic E-state index is 0.0417. The molecular weight excluding hydrogens is 366 g/mol. The van der Waals surface area contributed by atoms with Gasteiger partial charge < -0.3 is 10.4 Å². The predicted octanol–water partition coefficient (Wildman–Crippen LogP) is 3.23. The van der Waals surface area contributed by atoms with Crippen LogP contribution in [0.4, 0.5) is 5.69 Å². The van der Waals surface area contributed by atoms with Gasteiger partial charge in [-0.15, -0.1) is 11.3 Å². The molecule has 140 valence electrons. The highest BCUT2D eigenvalue weighted by atomic mass is 32.1. The number of amides is 1. The van der Waals surface area contributed by atoms with Crippen LogP contribution in [0.1, 0.15) is 41.5 Å². The largest absolute Gasteiger partial charge is 0.478 e. The summed E-state index contributed by atoms with van der Waals surface area (Å²) in [6.07, 6.45) is 0. The number of carbonyl (C=O) groups excluding carboxylic acids is 1. The van der Waals surface area contributed by atoms with E-state index in [-0.39, 0.29) is 29.3 Å². The first-order valence-corrected chi connectivity index (χ1v) is 9.27. The van der Waals surface area contributed by atoms with Crippen LogP contribution in [0.15, 0.2) is 34.4 Å². The Labute approximate surface area is 159 Å². The summed E-state index contributed by atoms with van der Waals surface area (Å²) in [6, 6.07) is 7.31. The van der Waals surface area contributed by atoms with E-state index >= 15 is 0 Å². The van der Waals surface area contributed by atoms with Gasteiger partial charge in [-0.3, -0.25) is 14.2 Å². The van der Waals surface area contributed by atoms with Crippen LogP contribution in [0.3, 0.4) is 0 Å². The fourth-order valence-corrected chi connectivity index (χ4v) is 3.68. The molecule has 2 heterocycles. The molecule has 0 fully saturated rings. The van der Waals surface area contributed by atoms with Gasteiger partial charge in [0.05, 0.1) is 10.9 Å². The van der Waals surface area contributed by atoms with Gasteiger partial charge in [0.2, 0.25) is 5.91 Å². The lowest BCUT2D eigenvalue weighted by molar-refractivity contribution is -0.116. The van der Waals surface area contributed by atoms with Crippen LogP contribution in [0.5, 0.6) is 0 Å². The van der Waals surface area contributed by atoms with Crippen molar-refractivity contribution in [2.45, 2.75) is 33.2 Å². The Kier molecular flexibility index (Phi) is 5.09. The van der Waals surface area contributed by atoms with Crippen LogP contribution in [0.2, 0.25) is 0 Å². The maximum absolute atomic E-state index is 13.0. The van der Waals surface area contributed by atoms with Crippen molar-refractivity contribution in [2.24, 2.45) is 0 Å². The molecule has 8 heteroatoms. The molecule has 0 unspecified atom stereocenters. The molecule has 2 aromatic heterocycles. The third-order valence-corrected chi connectivity index (χ3v) is 4.98. The van der Waals surface area contributed by atoms with Crippen molar-refractivity contribution in [3.8, 4) is 0 Å². The third kappa shape index (κ3) is 3.75. The maximum Gasteiger partial charge on any atom is 0.337 e. The average molecular weight is 385 g/mol. The predicted molar refractivity (Wildman–Crippen MR) is 105 cm³/mol. The summed E-state index contributed by atoms with van der Waals surface area (Å²) in [6.45, 7) is 5.45. The van der Waals surface area contributed by atoms with Gasteiger partial charge in [-0.2, -0.15) is 0 Å². The number of nitrogens with zero attached hydrogens (tertiary/aromatic N) is 2. The first-order chi connectivity index (χ1) is 12.8. The minimum Gasteiger partial charge on any atom is -0.478 e. The van der Waals surface area contributed by atoms with Crippen molar-refractivity contribution < 1.29 is 14.7 Å². The normalized spacial score (nSPS) is 11.1. The van der Waals surface area contributed by atoms with E-state index in [2.05, 4.69) is 10.3 Å². The Morgan fingerprint density at radius 2 is 1.93 bits per heavy atom. The van der Waals surface area contributed by atoms with E-state index in [0.717, 1.165) is 16.9 Å². The zero-order valence-electron chi connectivity index (χ0n) is 15.1. The SMILES string of the molecule is Cc1ccc(NC(=O)Cn2c(C(C)C)nc3scc(C(=O)O)c3c2=O)cc1. The quantitative estimate of drug-likeness (QED) is 0.702. The van der Waals surface area contributed by atoms with Gasteiger partial charge in [-0.25, -0.2) is 9.78 Å². The summed E-state index contributed by atoms with van der Waals surface area (Å²) < 4.78 is 1.26. The van der Waals surface area contributed by atoms with Crippen molar-refractivity contribution in [1.29, 1.82) is 0 Å². The van der Waals surface area contributed by atoms with Gasteiger partial charge in [0.25, 0.3) is 5.56 Å². The molecule has 0 saturated carbocycles. The number of carbonyl (C=O) groups is 2. The molecule has 0 saturated heterocycles. The van der Waals surface area contributed by atoms with Crippen molar-refractivity contribution in [1.82, 2.24) is 9.55 Å². The number of aryl methyl sites for hydroxylation is 1. The summed E-state index contributed by atoms with van der Waals surface area (Å²) in [5.41, 5.74) is 1.09. The van der Waals surface area contributed by atoms with Crippen LogP contribution in [-0.2, 0) is 11.3 Å². The molecule has 3 aromatic rings. The lowest BCUT2D eigenvalue weighted by atomic mass is 10.1. The number of anilines is 1. The van der Waals surface area contributed by atoms with E-state index in [9.17, 15) is 19.5 Å². The Morgan fingerprint density at radius 3 is 2.52 bits per heavy atom. The van der Waals surface area contributed by atoms with E-state index in [1.165, 1.54) is 9.95 Å². The standard InChI is InChI=1S/C19H19N3O4S/c1-10(2)16-21-17-15(13(9-27-17)19(25)26)18(24)22(16)8-14(23)20-12-6-4-11(3)5-7-12/h4-7,9-10H,8H2,1-3H3,(H,20,23)(H,25,26). The van der Waals surface area contributed by atoms with Gasteiger partial charge >= 0.3 is 5.97 Å². The molecular formula is C19H19N3O4S. The minimum atomic E-state index is -1.19. The van der Waals surface area contributed by atoms with Crippen LogP contribution >= 0.6 is 11.3 Å². The monoisotopic (exact) mass is 385 g/mol. The van der Waals surface area contributed by atoms with E-state index in [1.54, 1.807) is 12.1 Å². The second-order valence-corrected chi connectivity index (χ2v) is 7.42. The first kappa shape index (κ1) is 18.8. The summed E-state index contributed by atoms with van der Waals surface area (Å²) in [4.78, 5) is 41.7. The number of carboxylic acid groups (broad SMARTS) is 1. The molecule has 0 aliphatic rings. The number of rotatable bonds is 5. The average Bonchev–Trinajstić information content (AvgIpc) is 3.03. The van der Waals surface area contributed by atoms with Crippen molar-refractivity contribution >= 4 is 39.1 Å². The molecule has 0 bridgehead atoms. The summed E-state index contributed by atoms with van der Waals surface area (Å²) in [7, 11) is 0. The van der Waals surface area contributed by atoms with Gasteiger partial charge in [0.15, 0.2) is 0 Å². The van der Waals surface area contributed by atoms with Crippen LogP contribution in [0, 0.1) is 6.92 Å². The van der Waals surface area contributed by atoms with Gasteiger partial charge in [0, 0.05) is 17.0 Å². The molecule has 2 N–H and O–H groups in total. The van der Waals surface area contributed by atoms with Crippen molar-refractivity contribution in [2.75, 3.05) is 5.32 Å². The Morgan fingerprint density at radius 1 is 1.26 bits per heavy atom. The van der Waals surface area contributed by atoms with Gasteiger partial charge in [-0.1, -0.05) is 31.5 Å². The number of thiophene rings is 1. The molecule has 3 rings (SSSR count). The number of aromatic carboxylic acids is 1. The molecule has 1 aromatic carbocycles. The van der Waals surface area contributed by atoms with Crippen molar-refractivity contribution in [3.63, 3.8) is 0 Å². The first-order valence-electron chi connectivity index (χ1n) is 8.39. The number of hydrogen-bond acceptors (Lipinski definition) is 5. The highest BCUT2D eigenvalue weighted by Gasteiger charge is 2.22. The summed E-state index contributed by atoms with van der Waals surface area (Å²) in [5.74, 6) is -1.22. The van der Waals surface area contributed by atoms with E-state index in [1.807, 2.05) is 32.9 Å². The molecule has 0 radical (unpaired) electrons. The molecule has 0 aliphatic carbocycles. The lowest BCUT2D eigenvalue weighted by Crippen LogP contribution is -2.32. The molecule has 27 heavy (non-hydrogen) atoms. The van der Waals surface area contributed by atoms with E-state index in [4.69, 9.17) is 0 Å². The smallest absolute Gasteiger partial charge is 0.337 e. The molecule has 0 atom stereocenters. The van der Waals surface area contributed by atoms with E-state index < -0.39 is 11.5 Å². The highest BCUT2D eigenvalue weighted by molar-refractivity contribution is 7.17. The molecule has 7 nitrogen and oxygen atoms in total. The Bertz CT molecular complexity index is 1080. The number of hydrogen-bond donors (Lipinski definition) is 2. The zero-order chi connectivity index (χ0) is 19.7. The fourth-order valence-electron chi connectivity index (χ4n) is 2.77. The summed E-state index contributed by atoms with van der Waals surface area (Å²) >= 11 is 1.11. The second kappa shape index (κ2) is 7.32. The molecule has 0 spiro atoms. The number of benzene rings is 1. The Hall–Kier alpha value is -3.00. The third-order valence-electron chi connectivity index (χ3n) is 4.11. The number of carboxylic acids is 1. The number of nitrogens with one attached hydrogen (secondary N) is 1. The molecule has 0 aliphatic heterocycles. The van der Waals surface area contributed by atoms with Crippen LogP contribution < -0.4 is 10.9 Å². The molecule has 1 amide bonds. The second-order valence-electron chi connectivity index (χ2n) is 6.56. The summed E-state index contributed by atoms with van der Waals surface area (Å²) in [5, 5.41) is 13.5. The number of fused-ring (bicyclic) bond motifs is 1. The topological polar surface area (TPSA) is 101 Å². The van der Waals surface area contributed by atoms with Crippen LogP contribution in [-0.4, -0.2) is 26.5 Å². The highest BCUT2D eigenvalue weighted by Crippen LogP contribution is 2.24.